The van der Waals surface area contributed by atoms with E-state index in [-0.39, 0.29) is 17.8 Å². The van der Waals surface area contributed by atoms with Gasteiger partial charge in [-0.2, -0.15) is 5.10 Å². The maximum Gasteiger partial charge on any atom is 0.273 e. The number of carbonyl (C=O) groups excluding carboxylic acids is 1. The number of rotatable bonds is 8. The van der Waals surface area contributed by atoms with Crippen molar-refractivity contribution in [3.8, 4) is 5.69 Å². The Bertz CT molecular complexity index is 1620. The summed E-state index contributed by atoms with van der Waals surface area (Å²) < 4.78 is 28.5. The van der Waals surface area contributed by atoms with E-state index >= 15 is 0 Å². The van der Waals surface area contributed by atoms with Crippen molar-refractivity contribution in [2.24, 2.45) is 5.10 Å². The minimum absolute atomic E-state index is 0.0886. The molecule has 0 unspecified atom stereocenters. The number of hydrogen-bond acceptors (Lipinski definition) is 4. The minimum Gasteiger partial charge on any atom is -0.316 e. The standard InChI is InChI=1S/C28H26Cl2N4O3S/c1-19-15-22(20(2)34(19)27-16-23(29)13-14-25(27)30)17-31-32-28(35)24-11-7-8-12-26(24)33(38(3,36)37)18-21-9-5-4-6-10-21/h4-17H,18H2,1-3H3,(H,32,35)/b31-17-. The summed E-state index contributed by atoms with van der Waals surface area (Å²) in [6.45, 7) is 3.93. The molecule has 0 aliphatic carbocycles. The molecule has 0 aliphatic heterocycles. The first-order valence-corrected chi connectivity index (χ1v) is 14.2. The van der Waals surface area contributed by atoms with Crippen molar-refractivity contribution in [3.05, 3.63) is 117 Å². The van der Waals surface area contributed by atoms with Crippen LogP contribution in [0.15, 0.2) is 84.0 Å². The van der Waals surface area contributed by atoms with Gasteiger partial charge in [-0.1, -0.05) is 65.7 Å². The third-order valence-corrected chi connectivity index (χ3v) is 7.66. The van der Waals surface area contributed by atoms with Crippen molar-refractivity contribution in [3.63, 3.8) is 0 Å². The van der Waals surface area contributed by atoms with Crippen LogP contribution >= 0.6 is 23.2 Å². The van der Waals surface area contributed by atoms with Crippen LogP contribution in [0, 0.1) is 13.8 Å². The van der Waals surface area contributed by atoms with Crippen molar-refractivity contribution >= 4 is 51.0 Å². The molecule has 0 aliphatic rings. The molecule has 7 nitrogen and oxygen atoms in total. The lowest BCUT2D eigenvalue weighted by atomic mass is 10.1. The highest BCUT2D eigenvalue weighted by atomic mass is 35.5. The molecular weight excluding hydrogens is 543 g/mol. The Morgan fingerprint density at radius 2 is 1.68 bits per heavy atom. The smallest absolute Gasteiger partial charge is 0.273 e. The van der Waals surface area contributed by atoms with Crippen molar-refractivity contribution in [2.75, 3.05) is 10.6 Å². The zero-order valence-electron chi connectivity index (χ0n) is 21.0. The molecule has 1 amide bonds. The molecule has 4 aromatic rings. The highest BCUT2D eigenvalue weighted by Gasteiger charge is 2.23. The number of halogens is 2. The molecule has 0 fully saturated rings. The number of amides is 1. The Kier molecular flexibility index (Phi) is 8.26. The molecule has 10 heteroatoms. The normalized spacial score (nSPS) is 11.6. The fourth-order valence-electron chi connectivity index (χ4n) is 4.18. The maximum absolute atomic E-state index is 13.1. The van der Waals surface area contributed by atoms with Crippen LogP contribution < -0.4 is 9.73 Å². The Hall–Kier alpha value is -3.59. The number of benzene rings is 3. The zero-order valence-corrected chi connectivity index (χ0v) is 23.3. The van der Waals surface area contributed by atoms with Crippen LogP contribution in [0.4, 0.5) is 5.69 Å². The highest BCUT2D eigenvalue weighted by molar-refractivity contribution is 7.92. The van der Waals surface area contributed by atoms with Gasteiger partial charge in [-0.15, -0.1) is 0 Å². The van der Waals surface area contributed by atoms with Crippen LogP contribution in [0.1, 0.15) is 32.9 Å². The fraction of sp³-hybridized carbons (Fsp3) is 0.143. The van der Waals surface area contributed by atoms with Crippen LogP contribution in [0.5, 0.6) is 0 Å². The van der Waals surface area contributed by atoms with Crippen LogP contribution in [0.25, 0.3) is 5.69 Å². The summed E-state index contributed by atoms with van der Waals surface area (Å²) in [7, 11) is -3.68. The molecule has 0 radical (unpaired) electrons. The molecule has 0 bridgehead atoms. The van der Waals surface area contributed by atoms with Crippen LogP contribution in [-0.4, -0.2) is 31.4 Å². The van der Waals surface area contributed by atoms with E-state index < -0.39 is 15.9 Å². The number of aryl methyl sites for hydroxylation is 1. The van der Waals surface area contributed by atoms with Gasteiger partial charge in [-0.25, -0.2) is 13.8 Å². The monoisotopic (exact) mass is 568 g/mol. The molecule has 0 saturated heterocycles. The SMILES string of the molecule is Cc1cc(/C=N\NC(=O)c2ccccc2N(Cc2ccccc2)S(C)(=O)=O)c(C)n1-c1cc(Cl)ccc1Cl. The Labute approximate surface area is 232 Å². The van der Waals surface area contributed by atoms with E-state index in [4.69, 9.17) is 23.2 Å². The van der Waals surface area contributed by atoms with Gasteiger partial charge in [-0.05, 0) is 55.8 Å². The molecule has 3 aromatic carbocycles. The maximum atomic E-state index is 13.1. The van der Waals surface area contributed by atoms with Gasteiger partial charge in [0.2, 0.25) is 10.0 Å². The van der Waals surface area contributed by atoms with Crippen LogP contribution in [-0.2, 0) is 16.6 Å². The molecule has 1 aromatic heterocycles. The number of hydrazone groups is 1. The predicted molar refractivity (Wildman–Crippen MR) is 154 cm³/mol. The van der Waals surface area contributed by atoms with Crippen molar-refractivity contribution < 1.29 is 13.2 Å². The second-order valence-electron chi connectivity index (χ2n) is 8.73. The van der Waals surface area contributed by atoms with Gasteiger partial charge in [0, 0.05) is 22.0 Å². The number of nitrogens with one attached hydrogen (secondary N) is 1. The van der Waals surface area contributed by atoms with Gasteiger partial charge in [0.25, 0.3) is 5.91 Å². The highest BCUT2D eigenvalue weighted by Crippen LogP contribution is 2.29. The summed E-state index contributed by atoms with van der Waals surface area (Å²) in [4.78, 5) is 13.1. The van der Waals surface area contributed by atoms with E-state index in [1.807, 2.05) is 54.8 Å². The largest absolute Gasteiger partial charge is 0.316 e. The predicted octanol–water partition coefficient (Wildman–Crippen LogP) is 6.13. The van der Waals surface area contributed by atoms with Gasteiger partial charge in [0.15, 0.2) is 0 Å². The molecule has 0 saturated carbocycles. The summed E-state index contributed by atoms with van der Waals surface area (Å²) in [6, 6.07) is 22.9. The second kappa shape index (κ2) is 11.4. The lowest BCUT2D eigenvalue weighted by molar-refractivity contribution is 0.0955. The number of para-hydroxylation sites is 1. The molecule has 38 heavy (non-hydrogen) atoms. The molecule has 4 rings (SSSR count). The lowest BCUT2D eigenvalue weighted by Gasteiger charge is -2.24. The first kappa shape index (κ1) is 27.4. The van der Waals surface area contributed by atoms with Crippen molar-refractivity contribution in [1.29, 1.82) is 0 Å². The fourth-order valence-corrected chi connectivity index (χ4v) is 5.45. The van der Waals surface area contributed by atoms with E-state index in [1.54, 1.807) is 42.5 Å². The second-order valence-corrected chi connectivity index (χ2v) is 11.5. The Balaban J connectivity index is 1.59. The zero-order chi connectivity index (χ0) is 27.4. The number of anilines is 1. The number of hydrogen-bond donors (Lipinski definition) is 1. The summed E-state index contributed by atoms with van der Waals surface area (Å²) in [5.41, 5.74) is 7.05. The van der Waals surface area contributed by atoms with E-state index in [0.29, 0.717) is 10.0 Å². The van der Waals surface area contributed by atoms with E-state index in [2.05, 4.69) is 10.5 Å². The van der Waals surface area contributed by atoms with Crippen LogP contribution in [0.2, 0.25) is 10.0 Å². The molecule has 0 spiro atoms. The van der Waals surface area contributed by atoms with Crippen LogP contribution in [0.3, 0.4) is 0 Å². The van der Waals surface area contributed by atoms with Gasteiger partial charge < -0.3 is 4.57 Å². The summed E-state index contributed by atoms with van der Waals surface area (Å²) >= 11 is 12.6. The molecular formula is C28H26Cl2N4O3S. The van der Waals surface area contributed by atoms with E-state index in [0.717, 1.165) is 34.5 Å². The summed E-state index contributed by atoms with van der Waals surface area (Å²) in [5.74, 6) is -0.537. The van der Waals surface area contributed by atoms with Gasteiger partial charge in [-0.3, -0.25) is 9.10 Å². The topological polar surface area (TPSA) is 83.8 Å². The first-order chi connectivity index (χ1) is 18.1. The number of carbonyl (C=O) groups is 1. The minimum atomic E-state index is -3.68. The van der Waals surface area contributed by atoms with Gasteiger partial charge >= 0.3 is 0 Å². The first-order valence-electron chi connectivity index (χ1n) is 11.6. The average Bonchev–Trinajstić information content (AvgIpc) is 3.16. The quantitative estimate of drug-likeness (QED) is 0.205. The molecule has 1 heterocycles. The summed E-state index contributed by atoms with van der Waals surface area (Å²) in [6.07, 6.45) is 2.65. The molecule has 196 valence electrons. The average molecular weight is 570 g/mol. The van der Waals surface area contributed by atoms with E-state index in [9.17, 15) is 13.2 Å². The number of nitrogens with zero attached hydrogens (tertiary/aromatic N) is 3. The van der Waals surface area contributed by atoms with Gasteiger partial charge in [0.05, 0.1) is 41.0 Å². The van der Waals surface area contributed by atoms with Crippen molar-refractivity contribution in [2.45, 2.75) is 20.4 Å². The Morgan fingerprint density at radius 3 is 2.39 bits per heavy atom. The lowest BCUT2D eigenvalue weighted by Crippen LogP contribution is -2.32. The Morgan fingerprint density at radius 1 is 1.00 bits per heavy atom. The number of aromatic nitrogens is 1. The molecule has 0 atom stereocenters. The number of sulfonamides is 1. The third kappa shape index (κ3) is 6.10. The third-order valence-electron chi connectivity index (χ3n) is 5.98. The van der Waals surface area contributed by atoms with Crippen molar-refractivity contribution in [1.82, 2.24) is 9.99 Å². The summed E-state index contributed by atoms with van der Waals surface area (Å²) in [5, 5.41) is 5.26. The van der Waals surface area contributed by atoms with E-state index in [1.165, 1.54) is 10.5 Å². The molecule has 1 N–H and O–H groups in total. The van der Waals surface area contributed by atoms with Gasteiger partial charge in [0.1, 0.15) is 0 Å².